The van der Waals surface area contributed by atoms with E-state index < -0.39 is 11.7 Å². The Morgan fingerprint density at radius 2 is 1.37 bits per heavy atom. The minimum Gasteiger partial charge on any atom is -0.504 e. The van der Waals surface area contributed by atoms with Crippen molar-refractivity contribution in [1.29, 1.82) is 0 Å². The first-order chi connectivity index (χ1) is 13.1. The van der Waals surface area contributed by atoms with E-state index in [4.69, 9.17) is 4.74 Å². The summed E-state index contributed by atoms with van der Waals surface area (Å²) < 4.78 is 5.33. The van der Waals surface area contributed by atoms with E-state index >= 15 is 0 Å². The first kappa shape index (κ1) is 23.3. The van der Waals surface area contributed by atoms with Gasteiger partial charge in [-0.2, -0.15) is 0 Å². The maximum absolute atomic E-state index is 11.3. The topological polar surface area (TPSA) is 87.0 Å². The van der Waals surface area contributed by atoms with Crippen molar-refractivity contribution >= 4 is 5.97 Å². The van der Waals surface area contributed by atoms with Gasteiger partial charge in [-0.05, 0) is 37.8 Å². The predicted octanol–water partition coefficient (Wildman–Crippen LogP) is 5.67. The largest absolute Gasteiger partial charge is 0.504 e. The molecule has 0 saturated carbocycles. The maximum Gasteiger partial charge on any atom is 0.339 e. The van der Waals surface area contributed by atoms with Crippen LogP contribution in [0, 0.1) is 0 Å². The van der Waals surface area contributed by atoms with Gasteiger partial charge in [0.1, 0.15) is 5.56 Å². The molecule has 0 aliphatic carbocycles. The van der Waals surface area contributed by atoms with E-state index in [0.717, 1.165) is 32.5 Å². The van der Waals surface area contributed by atoms with Gasteiger partial charge >= 0.3 is 5.97 Å². The molecule has 1 aromatic carbocycles. The summed E-state index contributed by atoms with van der Waals surface area (Å²) in [5.41, 5.74) is 0.415. The Morgan fingerprint density at radius 1 is 0.852 bits per heavy atom. The molecule has 0 unspecified atom stereocenters. The third-order valence-corrected chi connectivity index (χ3v) is 4.90. The Morgan fingerprint density at radius 3 is 1.89 bits per heavy atom. The lowest BCUT2D eigenvalue weighted by Crippen LogP contribution is -2.03. The fourth-order valence-corrected chi connectivity index (χ4v) is 3.32. The second-order valence-electron chi connectivity index (χ2n) is 7.11. The van der Waals surface area contributed by atoms with Crippen LogP contribution in [0.3, 0.4) is 0 Å². The number of carbonyl (C=O) groups is 1. The number of phenolic OH excluding ortho intramolecular Hbond substituents is 1. The summed E-state index contributed by atoms with van der Waals surface area (Å²) in [5.74, 6) is -2.11. The Hall–Kier alpha value is -1.75. The van der Waals surface area contributed by atoms with Gasteiger partial charge in [-0.1, -0.05) is 63.9 Å². The Labute approximate surface area is 163 Å². The molecule has 3 N–H and O–H groups in total. The van der Waals surface area contributed by atoms with Crippen LogP contribution in [0.1, 0.15) is 93.5 Å². The lowest BCUT2D eigenvalue weighted by atomic mass is 9.99. The number of hydrogen-bond acceptors (Lipinski definition) is 4. The van der Waals surface area contributed by atoms with Crippen LogP contribution in [-0.4, -0.2) is 34.5 Å². The van der Waals surface area contributed by atoms with Gasteiger partial charge < -0.3 is 20.1 Å². The fraction of sp³-hybridized carbons (Fsp3) is 0.682. The lowest BCUT2D eigenvalue weighted by molar-refractivity contribution is 0.0691. The van der Waals surface area contributed by atoms with Crippen LogP contribution >= 0.6 is 0 Å². The number of hydrogen-bond donors (Lipinski definition) is 3. The van der Waals surface area contributed by atoms with Crippen molar-refractivity contribution < 1.29 is 24.9 Å². The number of benzene rings is 1. The van der Waals surface area contributed by atoms with Crippen LogP contribution in [0.5, 0.6) is 11.5 Å². The molecule has 0 radical (unpaired) electrons. The molecule has 0 atom stereocenters. The number of aromatic carboxylic acids is 1. The third kappa shape index (κ3) is 9.66. The number of carboxylic acid groups (broad SMARTS) is 1. The zero-order valence-corrected chi connectivity index (χ0v) is 16.7. The highest BCUT2D eigenvalue weighted by atomic mass is 16.5. The lowest BCUT2D eigenvalue weighted by Gasteiger charge is -2.09. The molecule has 154 valence electrons. The van der Waals surface area contributed by atoms with E-state index in [1.807, 2.05) is 6.92 Å². The standard InChI is InChI=1S/C22H36O5/c1-2-27-17-13-11-9-7-5-3-4-6-8-10-12-14-18-15-16-19(23)21(24)20(18)22(25)26/h15-16,23-24H,2-14,17H2,1H3,(H,25,26). The summed E-state index contributed by atoms with van der Waals surface area (Å²) in [6.45, 7) is 3.75. The van der Waals surface area contributed by atoms with Gasteiger partial charge in [0.05, 0.1) is 0 Å². The van der Waals surface area contributed by atoms with Gasteiger partial charge in [0, 0.05) is 13.2 Å². The second-order valence-corrected chi connectivity index (χ2v) is 7.11. The van der Waals surface area contributed by atoms with Crippen LogP contribution in [0.2, 0.25) is 0 Å². The van der Waals surface area contributed by atoms with Crippen LogP contribution in [-0.2, 0) is 11.2 Å². The van der Waals surface area contributed by atoms with Gasteiger partial charge in [0.2, 0.25) is 0 Å². The fourth-order valence-electron chi connectivity index (χ4n) is 3.32. The number of aromatic hydroxyl groups is 2. The normalized spacial score (nSPS) is 11.0. The van der Waals surface area contributed by atoms with E-state index in [9.17, 15) is 20.1 Å². The first-order valence-corrected chi connectivity index (χ1v) is 10.4. The van der Waals surface area contributed by atoms with Crippen LogP contribution in [0.25, 0.3) is 0 Å². The highest BCUT2D eigenvalue weighted by Crippen LogP contribution is 2.32. The third-order valence-electron chi connectivity index (χ3n) is 4.90. The number of aryl methyl sites for hydroxylation is 1. The van der Waals surface area contributed by atoms with Gasteiger partial charge in [0.25, 0.3) is 0 Å². The van der Waals surface area contributed by atoms with E-state index in [1.54, 1.807) is 6.07 Å². The van der Waals surface area contributed by atoms with Crippen molar-refractivity contribution in [2.45, 2.75) is 84.0 Å². The van der Waals surface area contributed by atoms with Crippen molar-refractivity contribution in [2.24, 2.45) is 0 Å². The molecule has 5 nitrogen and oxygen atoms in total. The summed E-state index contributed by atoms with van der Waals surface area (Å²) in [6, 6.07) is 2.95. The summed E-state index contributed by atoms with van der Waals surface area (Å²) in [6.07, 6.45) is 13.9. The van der Waals surface area contributed by atoms with E-state index in [1.165, 1.54) is 57.4 Å². The van der Waals surface area contributed by atoms with Gasteiger partial charge in [-0.15, -0.1) is 0 Å². The minimum atomic E-state index is -1.20. The average molecular weight is 381 g/mol. The van der Waals surface area contributed by atoms with E-state index in [-0.39, 0.29) is 11.3 Å². The molecule has 0 spiro atoms. The molecular weight excluding hydrogens is 344 g/mol. The maximum atomic E-state index is 11.3. The smallest absolute Gasteiger partial charge is 0.339 e. The summed E-state index contributed by atoms with van der Waals surface area (Å²) in [5, 5.41) is 28.4. The number of phenols is 2. The zero-order valence-electron chi connectivity index (χ0n) is 16.7. The molecule has 1 rings (SSSR count). The van der Waals surface area contributed by atoms with Gasteiger partial charge in [-0.3, -0.25) is 0 Å². The SMILES string of the molecule is CCOCCCCCCCCCCCCCc1ccc(O)c(O)c1C(=O)O. The van der Waals surface area contributed by atoms with Crippen molar-refractivity contribution in [1.82, 2.24) is 0 Å². The molecule has 0 fully saturated rings. The number of rotatable bonds is 16. The van der Waals surface area contributed by atoms with Crippen LogP contribution in [0.4, 0.5) is 0 Å². The molecule has 1 aromatic rings. The number of carboxylic acids is 1. The molecule has 0 aliphatic rings. The molecule has 5 heteroatoms. The van der Waals surface area contributed by atoms with Crippen molar-refractivity contribution in [3.63, 3.8) is 0 Å². The monoisotopic (exact) mass is 380 g/mol. The molecular formula is C22H36O5. The second kappa shape index (κ2) is 14.3. The van der Waals surface area contributed by atoms with Crippen molar-refractivity contribution in [3.05, 3.63) is 23.3 Å². The van der Waals surface area contributed by atoms with Crippen LogP contribution in [0.15, 0.2) is 12.1 Å². The Kier molecular flexibility index (Phi) is 12.4. The first-order valence-electron chi connectivity index (χ1n) is 10.4. The predicted molar refractivity (Wildman–Crippen MR) is 108 cm³/mol. The average Bonchev–Trinajstić information content (AvgIpc) is 2.64. The summed E-state index contributed by atoms with van der Waals surface area (Å²) in [7, 11) is 0. The van der Waals surface area contributed by atoms with Gasteiger partial charge in [0.15, 0.2) is 11.5 Å². The van der Waals surface area contributed by atoms with E-state index in [2.05, 4.69) is 0 Å². The molecule has 27 heavy (non-hydrogen) atoms. The van der Waals surface area contributed by atoms with Crippen molar-refractivity contribution in [3.8, 4) is 11.5 Å². The Balaban J connectivity index is 2.04. The summed E-state index contributed by atoms with van der Waals surface area (Å²) in [4.78, 5) is 11.3. The van der Waals surface area contributed by atoms with Crippen LogP contribution < -0.4 is 0 Å². The quantitative estimate of drug-likeness (QED) is 0.254. The van der Waals surface area contributed by atoms with Crippen molar-refractivity contribution in [2.75, 3.05) is 13.2 Å². The molecule has 0 amide bonds. The molecule has 0 aliphatic heterocycles. The molecule has 0 heterocycles. The molecule has 0 aromatic heterocycles. The highest BCUT2D eigenvalue weighted by Gasteiger charge is 2.18. The summed E-state index contributed by atoms with van der Waals surface area (Å²) >= 11 is 0. The molecule has 0 saturated heterocycles. The molecule has 0 bridgehead atoms. The zero-order chi connectivity index (χ0) is 19.9. The number of ether oxygens (including phenoxy) is 1. The minimum absolute atomic E-state index is 0.170. The van der Waals surface area contributed by atoms with Gasteiger partial charge in [-0.25, -0.2) is 4.79 Å². The number of unbranched alkanes of at least 4 members (excludes halogenated alkanes) is 10. The van der Waals surface area contributed by atoms with E-state index in [0.29, 0.717) is 12.0 Å². The Bertz CT molecular complexity index is 542. The highest BCUT2D eigenvalue weighted by molar-refractivity contribution is 5.93.